The van der Waals surface area contributed by atoms with Crippen molar-refractivity contribution in [3.8, 4) is 11.5 Å². The number of aryl methyl sites for hydroxylation is 1. The van der Waals surface area contributed by atoms with Gasteiger partial charge in [-0.05, 0) is 32.0 Å². The molecule has 0 aliphatic rings. The zero-order valence-corrected chi connectivity index (χ0v) is 12.7. The number of ether oxygens (including phenoxy) is 1. The molecular weight excluding hydrogens is 274 g/mol. The molecule has 20 heavy (non-hydrogen) atoms. The minimum absolute atomic E-state index is 0.669. The predicted octanol–water partition coefficient (Wildman–Crippen LogP) is 3.85. The molecule has 2 aromatic rings. The lowest BCUT2D eigenvalue weighted by Gasteiger charge is -2.11. The molecule has 0 spiro atoms. The van der Waals surface area contributed by atoms with Gasteiger partial charge in [0.1, 0.15) is 5.75 Å². The monoisotopic (exact) mass is 293 g/mol. The van der Waals surface area contributed by atoms with E-state index in [2.05, 4.69) is 17.3 Å². The summed E-state index contributed by atoms with van der Waals surface area (Å²) in [5.74, 6) is 1.50. The molecule has 1 aromatic heterocycles. The maximum Gasteiger partial charge on any atom is 0.165 e. The Bertz CT molecular complexity index is 554. The summed E-state index contributed by atoms with van der Waals surface area (Å²) in [5, 5.41) is 8.24. The van der Waals surface area contributed by atoms with E-state index in [1.807, 2.05) is 36.0 Å². The van der Waals surface area contributed by atoms with Crippen LogP contribution in [-0.2, 0) is 13.1 Å². The average Bonchev–Trinajstić information content (AvgIpc) is 2.89. The maximum atomic E-state index is 6.06. The number of rotatable bonds is 7. The lowest BCUT2D eigenvalue weighted by atomic mass is 10.2. The Morgan fingerprint density at radius 2 is 2.20 bits per heavy atom. The second-order valence-corrected chi connectivity index (χ2v) is 5.00. The molecular formula is C15H20ClN3O. The Hall–Kier alpha value is -1.52. The molecule has 5 heteroatoms. The molecule has 1 aromatic carbocycles. The fourth-order valence-corrected chi connectivity index (χ4v) is 2.03. The number of hydrogen-bond donors (Lipinski definition) is 1. The first-order valence-corrected chi connectivity index (χ1v) is 7.30. The minimum atomic E-state index is 0.669. The molecule has 2 rings (SSSR count). The van der Waals surface area contributed by atoms with E-state index in [1.54, 1.807) is 6.20 Å². The van der Waals surface area contributed by atoms with Gasteiger partial charge in [0, 0.05) is 23.7 Å². The molecule has 0 aliphatic heterocycles. The first-order valence-electron chi connectivity index (χ1n) is 6.92. The summed E-state index contributed by atoms with van der Waals surface area (Å²) in [6.07, 6.45) is 4.70. The van der Waals surface area contributed by atoms with Crippen molar-refractivity contribution in [2.75, 3.05) is 6.54 Å². The van der Waals surface area contributed by atoms with Crippen LogP contribution in [0.3, 0.4) is 0 Å². The summed E-state index contributed by atoms with van der Waals surface area (Å²) in [6.45, 7) is 6.75. The molecule has 4 nitrogen and oxygen atoms in total. The Balaban J connectivity index is 2.13. The molecule has 0 radical (unpaired) electrons. The fourth-order valence-electron chi connectivity index (χ4n) is 1.87. The Labute approximate surface area is 124 Å². The normalized spacial score (nSPS) is 10.8. The van der Waals surface area contributed by atoms with Crippen LogP contribution in [0.1, 0.15) is 25.8 Å². The third-order valence-electron chi connectivity index (χ3n) is 2.93. The number of aromatic nitrogens is 2. The standard InChI is InChI=1S/C15H20ClN3O/c1-3-7-17-9-12-5-6-13(16)8-15(12)20-14-10-18-19(4-2)11-14/h5-6,8,10-11,17H,3-4,7,9H2,1-2H3. The molecule has 0 fully saturated rings. The number of nitrogens with one attached hydrogen (secondary N) is 1. The van der Waals surface area contributed by atoms with Gasteiger partial charge in [-0.3, -0.25) is 4.68 Å². The molecule has 1 N–H and O–H groups in total. The van der Waals surface area contributed by atoms with Gasteiger partial charge in [0.15, 0.2) is 5.75 Å². The molecule has 0 amide bonds. The second kappa shape index (κ2) is 7.31. The summed E-state index contributed by atoms with van der Waals surface area (Å²) in [4.78, 5) is 0. The summed E-state index contributed by atoms with van der Waals surface area (Å²) in [5.41, 5.74) is 1.09. The van der Waals surface area contributed by atoms with Crippen molar-refractivity contribution in [1.82, 2.24) is 15.1 Å². The second-order valence-electron chi connectivity index (χ2n) is 4.56. The van der Waals surface area contributed by atoms with Crippen LogP contribution in [0.25, 0.3) is 0 Å². The third kappa shape index (κ3) is 3.99. The van der Waals surface area contributed by atoms with Crippen molar-refractivity contribution < 1.29 is 4.74 Å². The van der Waals surface area contributed by atoms with E-state index in [0.717, 1.165) is 43.1 Å². The quantitative estimate of drug-likeness (QED) is 0.788. The van der Waals surface area contributed by atoms with Gasteiger partial charge in [0.2, 0.25) is 0 Å². The van der Waals surface area contributed by atoms with Crippen LogP contribution in [0.5, 0.6) is 11.5 Å². The zero-order chi connectivity index (χ0) is 14.4. The van der Waals surface area contributed by atoms with E-state index in [0.29, 0.717) is 5.02 Å². The fraction of sp³-hybridized carbons (Fsp3) is 0.400. The van der Waals surface area contributed by atoms with Gasteiger partial charge >= 0.3 is 0 Å². The molecule has 0 saturated heterocycles. The van der Waals surface area contributed by atoms with Crippen LogP contribution in [0, 0.1) is 0 Å². The van der Waals surface area contributed by atoms with Crippen LogP contribution in [-0.4, -0.2) is 16.3 Å². The van der Waals surface area contributed by atoms with Gasteiger partial charge in [0.05, 0.1) is 12.4 Å². The van der Waals surface area contributed by atoms with Crippen LogP contribution in [0.15, 0.2) is 30.6 Å². The van der Waals surface area contributed by atoms with Gasteiger partial charge < -0.3 is 10.1 Å². The largest absolute Gasteiger partial charge is 0.454 e. The third-order valence-corrected chi connectivity index (χ3v) is 3.17. The smallest absolute Gasteiger partial charge is 0.165 e. The van der Waals surface area contributed by atoms with E-state index in [-0.39, 0.29) is 0 Å². The summed E-state index contributed by atoms with van der Waals surface area (Å²) in [6, 6.07) is 5.71. The zero-order valence-electron chi connectivity index (χ0n) is 11.9. The molecule has 0 aliphatic carbocycles. The number of halogens is 1. The summed E-state index contributed by atoms with van der Waals surface area (Å²) < 4.78 is 7.72. The van der Waals surface area contributed by atoms with Crippen molar-refractivity contribution in [2.45, 2.75) is 33.4 Å². The predicted molar refractivity (Wildman–Crippen MR) is 81.4 cm³/mol. The van der Waals surface area contributed by atoms with E-state index >= 15 is 0 Å². The van der Waals surface area contributed by atoms with Crippen LogP contribution in [0.2, 0.25) is 5.02 Å². The molecule has 108 valence electrons. The lowest BCUT2D eigenvalue weighted by molar-refractivity contribution is 0.471. The molecule has 0 bridgehead atoms. The highest BCUT2D eigenvalue weighted by Crippen LogP contribution is 2.28. The summed E-state index contributed by atoms with van der Waals surface area (Å²) in [7, 11) is 0. The van der Waals surface area contributed by atoms with E-state index in [4.69, 9.17) is 16.3 Å². The lowest BCUT2D eigenvalue weighted by Crippen LogP contribution is -2.14. The summed E-state index contributed by atoms with van der Waals surface area (Å²) >= 11 is 6.06. The Morgan fingerprint density at radius 1 is 1.35 bits per heavy atom. The van der Waals surface area contributed by atoms with Crippen molar-refractivity contribution in [3.05, 3.63) is 41.2 Å². The maximum absolute atomic E-state index is 6.06. The highest BCUT2D eigenvalue weighted by molar-refractivity contribution is 6.30. The van der Waals surface area contributed by atoms with Crippen LogP contribution < -0.4 is 10.1 Å². The van der Waals surface area contributed by atoms with Gasteiger partial charge in [-0.2, -0.15) is 5.10 Å². The Kier molecular flexibility index (Phi) is 5.44. The van der Waals surface area contributed by atoms with Crippen LogP contribution >= 0.6 is 11.6 Å². The highest BCUT2D eigenvalue weighted by atomic mass is 35.5. The highest BCUT2D eigenvalue weighted by Gasteiger charge is 2.07. The van der Waals surface area contributed by atoms with Crippen LogP contribution in [0.4, 0.5) is 0 Å². The van der Waals surface area contributed by atoms with Crippen molar-refractivity contribution in [1.29, 1.82) is 0 Å². The molecule has 0 atom stereocenters. The first kappa shape index (κ1) is 14.9. The van der Waals surface area contributed by atoms with Gasteiger partial charge in [-0.1, -0.05) is 24.6 Å². The molecule has 0 saturated carbocycles. The van der Waals surface area contributed by atoms with Gasteiger partial charge in [-0.25, -0.2) is 0 Å². The SMILES string of the molecule is CCCNCc1ccc(Cl)cc1Oc1cnn(CC)c1. The van der Waals surface area contributed by atoms with E-state index in [1.165, 1.54) is 0 Å². The molecule has 0 unspecified atom stereocenters. The number of nitrogens with zero attached hydrogens (tertiary/aromatic N) is 2. The van der Waals surface area contributed by atoms with Gasteiger partial charge in [0.25, 0.3) is 0 Å². The number of benzene rings is 1. The van der Waals surface area contributed by atoms with Crippen molar-refractivity contribution in [3.63, 3.8) is 0 Å². The number of hydrogen-bond acceptors (Lipinski definition) is 3. The minimum Gasteiger partial charge on any atom is -0.454 e. The van der Waals surface area contributed by atoms with Gasteiger partial charge in [-0.15, -0.1) is 0 Å². The van der Waals surface area contributed by atoms with E-state index in [9.17, 15) is 0 Å². The average molecular weight is 294 g/mol. The van der Waals surface area contributed by atoms with E-state index < -0.39 is 0 Å². The van der Waals surface area contributed by atoms with Crippen molar-refractivity contribution in [2.24, 2.45) is 0 Å². The molecule has 1 heterocycles. The van der Waals surface area contributed by atoms with Crippen molar-refractivity contribution >= 4 is 11.6 Å². The topological polar surface area (TPSA) is 39.1 Å². The first-order chi connectivity index (χ1) is 9.72. The Morgan fingerprint density at radius 3 is 2.90 bits per heavy atom.